The average Bonchev–Trinajstić information content (AvgIpc) is 3.03. The summed E-state index contributed by atoms with van der Waals surface area (Å²) in [6.45, 7) is 4.26. The molecule has 2 N–H and O–H groups in total. The van der Waals surface area contributed by atoms with E-state index < -0.39 is 11.9 Å². The molecule has 0 amide bonds. The third-order valence-corrected chi connectivity index (χ3v) is 7.41. The van der Waals surface area contributed by atoms with Gasteiger partial charge in [0.25, 0.3) is 0 Å². The Morgan fingerprint density at radius 1 is 0.955 bits per heavy atom. The van der Waals surface area contributed by atoms with Gasteiger partial charge in [0.15, 0.2) is 18.1 Å². The second-order valence-corrected chi connectivity index (χ2v) is 10.9. The lowest BCUT2D eigenvalue weighted by molar-refractivity contribution is -0.136. The number of fused-ring (bicyclic) bond motifs is 1. The quantitative estimate of drug-likeness (QED) is 0.147. The SMILES string of the molecule is COc1cc(C2C(C#N)=C(N)Oc3cc(OC(=O)COc4ccc(C(C)C)cc4)ccc32)ccc1OCc1ccc(Cl)cc1. The van der Waals surface area contributed by atoms with Gasteiger partial charge in [0.05, 0.1) is 13.0 Å². The number of nitrogens with zero attached hydrogens (tertiary/aromatic N) is 1. The van der Waals surface area contributed by atoms with Crippen LogP contribution >= 0.6 is 11.6 Å². The Balaban J connectivity index is 1.32. The fourth-order valence-corrected chi connectivity index (χ4v) is 4.94. The lowest BCUT2D eigenvalue weighted by atomic mass is 9.83. The first kappa shape index (κ1) is 30.3. The first-order chi connectivity index (χ1) is 21.2. The molecule has 0 aliphatic carbocycles. The summed E-state index contributed by atoms with van der Waals surface area (Å²) in [5.41, 5.74) is 9.98. The summed E-state index contributed by atoms with van der Waals surface area (Å²) in [5.74, 6) is 1.45. The number of benzene rings is 4. The van der Waals surface area contributed by atoms with Crippen LogP contribution in [0.4, 0.5) is 0 Å². The molecule has 1 atom stereocenters. The molecular formula is C35H31ClN2O6. The van der Waals surface area contributed by atoms with Crippen LogP contribution in [0.25, 0.3) is 0 Å². The molecule has 0 aromatic heterocycles. The van der Waals surface area contributed by atoms with E-state index in [1.54, 1.807) is 49.6 Å². The summed E-state index contributed by atoms with van der Waals surface area (Å²) in [6.07, 6.45) is 0. The number of halogens is 1. The van der Waals surface area contributed by atoms with E-state index in [-0.39, 0.29) is 23.8 Å². The number of methoxy groups -OCH3 is 1. The first-order valence-corrected chi connectivity index (χ1v) is 14.3. The molecule has 224 valence electrons. The zero-order chi connectivity index (χ0) is 31.2. The molecule has 44 heavy (non-hydrogen) atoms. The standard InChI is InChI=1S/C35H31ClN2O6/c1-21(2)23-6-11-26(12-7-23)41-20-33(39)43-27-13-14-28-31(17-27)44-35(38)29(18-37)34(28)24-8-15-30(32(16-24)40-3)42-19-22-4-9-25(36)10-5-22/h4-17,21,34H,19-20,38H2,1-3H3. The summed E-state index contributed by atoms with van der Waals surface area (Å²) in [5, 5.41) is 10.6. The summed E-state index contributed by atoms with van der Waals surface area (Å²) in [6, 6.07) is 27.5. The number of allylic oxidation sites excluding steroid dienone is 1. The van der Waals surface area contributed by atoms with Crippen LogP contribution < -0.4 is 29.4 Å². The normalized spacial score (nSPS) is 13.9. The molecule has 4 aromatic rings. The van der Waals surface area contributed by atoms with Gasteiger partial charge in [-0.3, -0.25) is 0 Å². The van der Waals surface area contributed by atoms with E-state index >= 15 is 0 Å². The second-order valence-electron chi connectivity index (χ2n) is 10.4. The largest absolute Gasteiger partial charge is 0.493 e. The molecule has 0 radical (unpaired) electrons. The van der Waals surface area contributed by atoms with Crippen molar-refractivity contribution in [2.45, 2.75) is 32.3 Å². The molecule has 0 spiro atoms. The second kappa shape index (κ2) is 13.4. The van der Waals surface area contributed by atoms with Crippen LogP contribution in [-0.2, 0) is 11.4 Å². The molecule has 9 heteroatoms. The number of carbonyl (C=O) groups excluding carboxylic acids is 1. The molecule has 1 heterocycles. The number of hydrogen-bond acceptors (Lipinski definition) is 8. The van der Waals surface area contributed by atoms with Crippen molar-refractivity contribution in [3.63, 3.8) is 0 Å². The number of nitriles is 1. The number of esters is 1. The maximum Gasteiger partial charge on any atom is 0.349 e. The van der Waals surface area contributed by atoms with Crippen molar-refractivity contribution in [1.29, 1.82) is 5.26 Å². The van der Waals surface area contributed by atoms with E-state index in [0.29, 0.717) is 46.1 Å². The van der Waals surface area contributed by atoms with Crippen molar-refractivity contribution >= 4 is 17.6 Å². The molecule has 0 saturated carbocycles. The number of carbonyl (C=O) groups is 1. The smallest absolute Gasteiger partial charge is 0.349 e. The number of ether oxygens (including phenoxy) is 5. The third kappa shape index (κ3) is 6.91. The summed E-state index contributed by atoms with van der Waals surface area (Å²) < 4.78 is 28.5. The fraction of sp³-hybridized carbons (Fsp3) is 0.200. The van der Waals surface area contributed by atoms with E-state index in [4.69, 9.17) is 41.0 Å². The molecule has 5 rings (SSSR count). The monoisotopic (exact) mass is 610 g/mol. The van der Waals surface area contributed by atoms with Gasteiger partial charge in [-0.2, -0.15) is 5.26 Å². The third-order valence-electron chi connectivity index (χ3n) is 7.15. The van der Waals surface area contributed by atoms with Crippen molar-refractivity contribution in [2.24, 2.45) is 5.73 Å². The minimum absolute atomic E-state index is 0.0383. The minimum atomic E-state index is -0.578. The van der Waals surface area contributed by atoms with E-state index in [1.165, 1.54) is 5.56 Å². The van der Waals surface area contributed by atoms with Crippen LogP contribution in [0.15, 0.2) is 96.4 Å². The Hall–Kier alpha value is -5.13. The highest BCUT2D eigenvalue weighted by atomic mass is 35.5. The molecule has 1 unspecified atom stereocenters. The highest BCUT2D eigenvalue weighted by Crippen LogP contribution is 2.45. The zero-order valence-corrected chi connectivity index (χ0v) is 25.3. The van der Waals surface area contributed by atoms with Gasteiger partial charge in [-0.05, 0) is 65.1 Å². The van der Waals surface area contributed by atoms with Crippen molar-refractivity contribution in [2.75, 3.05) is 13.7 Å². The minimum Gasteiger partial charge on any atom is -0.493 e. The van der Waals surface area contributed by atoms with E-state index in [2.05, 4.69) is 19.9 Å². The lowest BCUT2D eigenvalue weighted by Gasteiger charge is -2.27. The van der Waals surface area contributed by atoms with E-state index in [1.807, 2.05) is 42.5 Å². The Bertz CT molecular complexity index is 1730. The summed E-state index contributed by atoms with van der Waals surface area (Å²) in [4.78, 5) is 12.5. The Morgan fingerprint density at radius 2 is 1.68 bits per heavy atom. The maximum atomic E-state index is 12.5. The van der Waals surface area contributed by atoms with Gasteiger partial charge in [-0.15, -0.1) is 0 Å². The number of nitrogens with two attached hydrogens (primary N) is 1. The predicted octanol–water partition coefficient (Wildman–Crippen LogP) is 7.25. The molecule has 0 saturated heterocycles. The maximum absolute atomic E-state index is 12.5. The van der Waals surface area contributed by atoms with Crippen LogP contribution in [0.3, 0.4) is 0 Å². The highest BCUT2D eigenvalue weighted by Gasteiger charge is 2.32. The van der Waals surface area contributed by atoms with Gasteiger partial charge < -0.3 is 29.4 Å². The predicted molar refractivity (Wildman–Crippen MR) is 166 cm³/mol. The molecule has 1 aliphatic rings. The summed E-state index contributed by atoms with van der Waals surface area (Å²) in [7, 11) is 1.55. The van der Waals surface area contributed by atoms with Crippen LogP contribution in [-0.4, -0.2) is 19.7 Å². The molecule has 8 nitrogen and oxygen atoms in total. The molecule has 4 aromatic carbocycles. The van der Waals surface area contributed by atoms with Crippen LogP contribution in [0.1, 0.15) is 47.9 Å². The van der Waals surface area contributed by atoms with Crippen molar-refractivity contribution < 1.29 is 28.5 Å². The number of rotatable bonds is 10. The van der Waals surface area contributed by atoms with Crippen LogP contribution in [0, 0.1) is 11.3 Å². The van der Waals surface area contributed by atoms with Crippen molar-refractivity contribution in [3.8, 4) is 34.8 Å². The molecule has 0 bridgehead atoms. The van der Waals surface area contributed by atoms with Crippen LogP contribution in [0.5, 0.6) is 28.7 Å². The van der Waals surface area contributed by atoms with Crippen LogP contribution in [0.2, 0.25) is 5.02 Å². The molecule has 0 fully saturated rings. The van der Waals surface area contributed by atoms with E-state index in [0.717, 1.165) is 11.1 Å². The Labute approximate surface area is 261 Å². The Kier molecular flexibility index (Phi) is 9.27. The van der Waals surface area contributed by atoms with Gasteiger partial charge in [-0.25, -0.2) is 4.79 Å². The van der Waals surface area contributed by atoms with Gasteiger partial charge in [-0.1, -0.05) is 61.8 Å². The van der Waals surface area contributed by atoms with E-state index in [9.17, 15) is 10.1 Å². The van der Waals surface area contributed by atoms with Gasteiger partial charge in [0, 0.05) is 16.7 Å². The molecular weight excluding hydrogens is 580 g/mol. The topological polar surface area (TPSA) is 113 Å². The zero-order valence-electron chi connectivity index (χ0n) is 24.5. The Morgan fingerprint density at radius 3 is 2.36 bits per heavy atom. The number of hydrogen-bond donors (Lipinski definition) is 1. The van der Waals surface area contributed by atoms with Gasteiger partial charge >= 0.3 is 5.97 Å². The van der Waals surface area contributed by atoms with Crippen molar-refractivity contribution in [1.82, 2.24) is 0 Å². The molecule has 1 aliphatic heterocycles. The first-order valence-electron chi connectivity index (χ1n) is 14.0. The van der Waals surface area contributed by atoms with Gasteiger partial charge in [0.1, 0.15) is 35.5 Å². The lowest BCUT2D eigenvalue weighted by Crippen LogP contribution is -2.22. The van der Waals surface area contributed by atoms with Crippen molar-refractivity contribution in [3.05, 3.63) is 124 Å². The summed E-state index contributed by atoms with van der Waals surface area (Å²) >= 11 is 5.98. The highest BCUT2D eigenvalue weighted by molar-refractivity contribution is 6.30. The van der Waals surface area contributed by atoms with Gasteiger partial charge in [0.2, 0.25) is 5.88 Å². The average molecular weight is 611 g/mol. The fourth-order valence-electron chi connectivity index (χ4n) is 4.82.